The van der Waals surface area contributed by atoms with Crippen molar-refractivity contribution < 1.29 is 13.5 Å². The molecule has 1 aromatic rings. The van der Waals surface area contributed by atoms with E-state index in [4.69, 9.17) is 10.5 Å². The van der Waals surface area contributed by atoms with Crippen molar-refractivity contribution in [2.45, 2.75) is 38.4 Å². The van der Waals surface area contributed by atoms with Crippen molar-refractivity contribution in [1.82, 2.24) is 0 Å². The maximum Gasteiger partial charge on any atom is 0.128 e. The third kappa shape index (κ3) is 2.87. The maximum absolute atomic E-state index is 13.5. The van der Waals surface area contributed by atoms with Crippen molar-refractivity contribution >= 4 is 0 Å². The summed E-state index contributed by atoms with van der Waals surface area (Å²) < 4.78 is 32.3. The molecule has 2 nitrogen and oxygen atoms in total. The highest BCUT2D eigenvalue weighted by molar-refractivity contribution is 5.18. The summed E-state index contributed by atoms with van der Waals surface area (Å²) in [6.45, 7) is 2.66. The first kappa shape index (κ1) is 13.4. The quantitative estimate of drug-likeness (QED) is 0.897. The molecule has 1 saturated carbocycles. The van der Waals surface area contributed by atoms with Crippen LogP contribution in [0.1, 0.15) is 31.7 Å². The van der Waals surface area contributed by atoms with E-state index in [1.807, 2.05) is 0 Å². The lowest BCUT2D eigenvalue weighted by atomic mass is 10.0. The van der Waals surface area contributed by atoms with Crippen LogP contribution in [-0.2, 0) is 11.3 Å². The minimum Gasteiger partial charge on any atom is -0.369 e. The van der Waals surface area contributed by atoms with E-state index < -0.39 is 11.6 Å². The van der Waals surface area contributed by atoms with Crippen LogP contribution in [0.15, 0.2) is 18.2 Å². The van der Waals surface area contributed by atoms with E-state index in [0.717, 1.165) is 31.4 Å². The Morgan fingerprint density at radius 2 is 2.22 bits per heavy atom. The van der Waals surface area contributed by atoms with Gasteiger partial charge in [-0.1, -0.05) is 6.92 Å². The fraction of sp³-hybridized carbons (Fsp3) is 0.571. The Hall–Kier alpha value is -1.00. The van der Waals surface area contributed by atoms with Gasteiger partial charge < -0.3 is 10.5 Å². The van der Waals surface area contributed by atoms with Gasteiger partial charge in [0.15, 0.2) is 0 Å². The van der Waals surface area contributed by atoms with E-state index in [1.54, 1.807) is 0 Å². The monoisotopic (exact) mass is 255 g/mol. The Balaban J connectivity index is 2.04. The average molecular weight is 255 g/mol. The zero-order chi connectivity index (χ0) is 13.2. The molecule has 18 heavy (non-hydrogen) atoms. The predicted molar refractivity (Wildman–Crippen MR) is 65.9 cm³/mol. The minimum atomic E-state index is -0.448. The molecule has 0 radical (unpaired) electrons. The zero-order valence-electron chi connectivity index (χ0n) is 10.6. The fourth-order valence-electron chi connectivity index (χ4n) is 2.61. The first-order valence-electron chi connectivity index (χ1n) is 6.33. The van der Waals surface area contributed by atoms with Crippen molar-refractivity contribution in [1.29, 1.82) is 0 Å². The van der Waals surface area contributed by atoms with Gasteiger partial charge in [0.05, 0.1) is 12.2 Å². The Kier molecular flexibility index (Phi) is 3.97. The highest BCUT2D eigenvalue weighted by atomic mass is 19.1. The number of hydrogen-bond acceptors (Lipinski definition) is 2. The summed E-state index contributed by atoms with van der Waals surface area (Å²) in [6.07, 6.45) is 2.85. The van der Waals surface area contributed by atoms with Gasteiger partial charge in [-0.2, -0.15) is 0 Å². The van der Waals surface area contributed by atoms with Crippen LogP contribution in [0.2, 0.25) is 0 Å². The molecule has 1 aliphatic rings. The largest absolute Gasteiger partial charge is 0.369 e. The maximum atomic E-state index is 13.5. The van der Waals surface area contributed by atoms with Crippen LogP contribution >= 0.6 is 0 Å². The van der Waals surface area contributed by atoms with E-state index in [-0.39, 0.29) is 17.8 Å². The topological polar surface area (TPSA) is 35.2 Å². The normalized spacial score (nSPS) is 27.7. The highest BCUT2D eigenvalue weighted by Crippen LogP contribution is 2.37. The first-order valence-corrected chi connectivity index (χ1v) is 6.33. The smallest absolute Gasteiger partial charge is 0.128 e. The number of halogens is 2. The molecule has 100 valence electrons. The molecule has 2 N–H and O–H groups in total. The van der Waals surface area contributed by atoms with Crippen molar-refractivity contribution in [2.75, 3.05) is 6.54 Å². The second-order valence-corrected chi connectivity index (χ2v) is 5.26. The van der Waals surface area contributed by atoms with E-state index in [1.165, 1.54) is 6.07 Å². The fourth-order valence-corrected chi connectivity index (χ4v) is 2.61. The molecule has 0 spiro atoms. The minimum absolute atomic E-state index is 0.0769. The third-order valence-corrected chi connectivity index (χ3v) is 3.73. The lowest BCUT2D eigenvalue weighted by Crippen LogP contribution is -2.38. The molecule has 1 fully saturated rings. The van der Waals surface area contributed by atoms with E-state index in [9.17, 15) is 8.78 Å². The summed E-state index contributed by atoms with van der Waals surface area (Å²) >= 11 is 0. The number of benzene rings is 1. The van der Waals surface area contributed by atoms with Crippen molar-refractivity contribution in [2.24, 2.45) is 11.7 Å². The van der Waals surface area contributed by atoms with Gasteiger partial charge in [0.2, 0.25) is 0 Å². The molecule has 0 heterocycles. The van der Waals surface area contributed by atoms with Gasteiger partial charge in [0, 0.05) is 12.1 Å². The SMILES string of the molecule is CC1CCC(CN)(OCc2cc(F)ccc2F)C1. The molecule has 4 heteroatoms. The zero-order valence-corrected chi connectivity index (χ0v) is 10.6. The highest BCUT2D eigenvalue weighted by Gasteiger charge is 2.37. The Morgan fingerprint density at radius 1 is 1.44 bits per heavy atom. The Morgan fingerprint density at radius 3 is 2.83 bits per heavy atom. The van der Waals surface area contributed by atoms with Gasteiger partial charge in [-0.25, -0.2) is 8.78 Å². The molecule has 0 aliphatic heterocycles. The van der Waals surface area contributed by atoms with Gasteiger partial charge in [-0.05, 0) is 43.4 Å². The van der Waals surface area contributed by atoms with Gasteiger partial charge in [0.25, 0.3) is 0 Å². The molecule has 2 unspecified atom stereocenters. The van der Waals surface area contributed by atoms with E-state index in [0.29, 0.717) is 12.5 Å². The van der Waals surface area contributed by atoms with Crippen LogP contribution in [0, 0.1) is 17.6 Å². The lowest BCUT2D eigenvalue weighted by molar-refractivity contribution is -0.0481. The lowest BCUT2D eigenvalue weighted by Gasteiger charge is -2.28. The summed E-state index contributed by atoms with van der Waals surface area (Å²) in [5, 5.41) is 0. The second kappa shape index (κ2) is 5.33. The van der Waals surface area contributed by atoms with Crippen LogP contribution in [-0.4, -0.2) is 12.1 Å². The van der Waals surface area contributed by atoms with Crippen molar-refractivity contribution in [3.05, 3.63) is 35.4 Å². The Labute approximate surface area is 106 Å². The molecule has 1 aliphatic carbocycles. The standard InChI is InChI=1S/C14H19F2NO/c1-10-4-5-14(7-10,9-17)18-8-11-6-12(15)2-3-13(11)16/h2-3,6,10H,4-5,7-9,17H2,1H3. The summed E-state index contributed by atoms with van der Waals surface area (Å²) in [5.41, 5.74) is 5.66. The number of hydrogen-bond donors (Lipinski definition) is 1. The first-order chi connectivity index (χ1) is 8.54. The molecule has 0 amide bonds. The molecule has 2 rings (SSSR count). The van der Waals surface area contributed by atoms with Gasteiger partial charge >= 0.3 is 0 Å². The van der Waals surface area contributed by atoms with Crippen LogP contribution in [0.25, 0.3) is 0 Å². The number of ether oxygens (including phenoxy) is 1. The predicted octanol–water partition coefficient (Wildman–Crippen LogP) is 3.00. The van der Waals surface area contributed by atoms with Crippen LogP contribution in [0.3, 0.4) is 0 Å². The number of rotatable bonds is 4. The Bertz CT molecular complexity index is 424. The summed E-state index contributed by atoms with van der Waals surface area (Å²) in [5.74, 6) is -0.308. The van der Waals surface area contributed by atoms with E-state index >= 15 is 0 Å². The van der Waals surface area contributed by atoms with Crippen LogP contribution < -0.4 is 5.73 Å². The van der Waals surface area contributed by atoms with E-state index in [2.05, 4.69) is 6.92 Å². The van der Waals surface area contributed by atoms with Gasteiger partial charge in [-0.3, -0.25) is 0 Å². The number of nitrogens with two attached hydrogens (primary N) is 1. The summed E-state index contributed by atoms with van der Waals surface area (Å²) in [7, 11) is 0. The summed E-state index contributed by atoms with van der Waals surface area (Å²) in [6, 6.07) is 3.41. The average Bonchev–Trinajstić information content (AvgIpc) is 2.73. The second-order valence-electron chi connectivity index (χ2n) is 5.26. The molecule has 0 aromatic heterocycles. The molecular formula is C14H19F2NO. The molecular weight excluding hydrogens is 236 g/mol. The molecule has 0 bridgehead atoms. The third-order valence-electron chi connectivity index (χ3n) is 3.73. The molecule has 2 atom stereocenters. The van der Waals surface area contributed by atoms with Gasteiger partial charge in [-0.15, -0.1) is 0 Å². The van der Waals surface area contributed by atoms with Gasteiger partial charge in [0.1, 0.15) is 11.6 Å². The van der Waals surface area contributed by atoms with Crippen molar-refractivity contribution in [3.8, 4) is 0 Å². The van der Waals surface area contributed by atoms with Crippen LogP contribution in [0.4, 0.5) is 8.78 Å². The van der Waals surface area contributed by atoms with Crippen molar-refractivity contribution in [3.63, 3.8) is 0 Å². The van der Waals surface area contributed by atoms with Crippen LogP contribution in [0.5, 0.6) is 0 Å². The molecule has 1 aromatic carbocycles. The summed E-state index contributed by atoms with van der Waals surface area (Å²) in [4.78, 5) is 0. The molecule has 0 saturated heterocycles.